The minimum atomic E-state index is -0.520. The number of esters is 1. The van der Waals surface area contributed by atoms with Gasteiger partial charge in [-0.05, 0) is 48.9 Å². The Kier molecular flexibility index (Phi) is 5.79. The summed E-state index contributed by atoms with van der Waals surface area (Å²) in [7, 11) is 0. The maximum Gasteiger partial charge on any atom is 0.338 e. The number of hydrogen-bond acceptors (Lipinski definition) is 6. The van der Waals surface area contributed by atoms with Crippen LogP contribution >= 0.6 is 22.9 Å². The Balaban J connectivity index is 1.72. The molecule has 4 rings (SSSR count). The zero-order chi connectivity index (χ0) is 21.1. The van der Waals surface area contributed by atoms with E-state index in [9.17, 15) is 4.79 Å². The van der Waals surface area contributed by atoms with Gasteiger partial charge in [0, 0.05) is 16.8 Å². The molecule has 7 heteroatoms. The number of aromatic nitrogens is 2. The number of pyridine rings is 1. The Morgan fingerprint density at radius 1 is 1.07 bits per heavy atom. The van der Waals surface area contributed by atoms with E-state index in [1.54, 1.807) is 36.5 Å². The molecule has 0 aliphatic carbocycles. The summed E-state index contributed by atoms with van der Waals surface area (Å²) < 4.78 is 5.66. The predicted octanol–water partition coefficient (Wildman–Crippen LogP) is 6.03. The van der Waals surface area contributed by atoms with Crippen LogP contribution in [0.1, 0.15) is 28.4 Å². The largest absolute Gasteiger partial charge is 0.452 e. The molecule has 4 aromatic rings. The number of carbonyl (C=O) groups excluding carboxylic acids is 1. The van der Waals surface area contributed by atoms with E-state index < -0.39 is 12.1 Å². The Labute approximate surface area is 183 Å². The van der Waals surface area contributed by atoms with Crippen LogP contribution in [0.5, 0.6) is 0 Å². The Bertz CT molecular complexity index is 1130. The fourth-order valence-electron chi connectivity index (χ4n) is 2.98. The summed E-state index contributed by atoms with van der Waals surface area (Å²) in [4.78, 5) is 22.2. The zero-order valence-electron chi connectivity index (χ0n) is 16.1. The quantitative estimate of drug-likeness (QED) is 0.387. The van der Waals surface area contributed by atoms with Crippen molar-refractivity contribution in [2.75, 3.05) is 5.73 Å². The van der Waals surface area contributed by atoms with E-state index in [1.165, 1.54) is 11.3 Å². The summed E-state index contributed by atoms with van der Waals surface area (Å²) in [5.74, 6) is 0.0281. The summed E-state index contributed by atoms with van der Waals surface area (Å²) in [6.07, 6.45) is 1.14. The second kappa shape index (κ2) is 8.65. The van der Waals surface area contributed by atoms with Crippen molar-refractivity contribution in [3.63, 3.8) is 0 Å². The summed E-state index contributed by atoms with van der Waals surface area (Å²) in [6.45, 7) is 1.81. The van der Waals surface area contributed by atoms with Gasteiger partial charge >= 0.3 is 5.97 Å². The number of nitrogens with zero attached hydrogens (tertiary/aromatic N) is 2. The van der Waals surface area contributed by atoms with Gasteiger partial charge in [-0.3, -0.25) is 0 Å². The van der Waals surface area contributed by atoms with Gasteiger partial charge in [0.2, 0.25) is 0 Å². The molecule has 0 radical (unpaired) electrons. The molecule has 0 fully saturated rings. The average Bonchev–Trinajstić information content (AvgIpc) is 3.20. The van der Waals surface area contributed by atoms with Gasteiger partial charge in [-0.15, -0.1) is 11.3 Å². The second-order valence-corrected chi connectivity index (χ2v) is 8.09. The Morgan fingerprint density at radius 3 is 2.60 bits per heavy atom. The lowest BCUT2D eigenvalue weighted by Crippen LogP contribution is -2.08. The van der Waals surface area contributed by atoms with Crippen molar-refractivity contribution in [1.29, 1.82) is 0 Å². The summed E-state index contributed by atoms with van der Waals surface area (Å²) in [6, 6.07) is 20.1. The van der Waals surface area contributed by atoms with Crippen LogP contribution in [0.3, 0.4) is 0 Å². The SMILES string of the molecule is CC(OC(=O)c1ccccc1)c1nc(-c2cccc(Cl)c2)c(-c2ccnc(N)c2)s1. The molecule has 2 aromatic heterocycles. The number of anilines is 1. The first-order chi connectivity index (χ1) is 14.5. The highest BCUT2D eigenvalue weighted by Gasteiger charge is 2.22. The van der Waals surface area contributed by atoms with Crippen LogP contribution in [-0.4, -0.2) is 15.9 Å². The molecule has 30 heavy (non-hydrogen) atoms. The Hall–Kier alpha value is -3.22. The van der Waals surface area contributed by atoms with Gasteiger partial charge in [0.25, 0.3) is 0 Å². The number of carbonyl (C=O) groups is 1. The smallest absolute Gasteiger partial charge is 0.338 e. The zero-order valence-corrected chi connectivity index (χ0v) is 17.7. The molecular weight excluding hydrogens is 418 g/mol. The number of thiazole rings is 1. The molecule has 0 saturated carbocycles. The third-order valence-electron chi connectivity index (χ3n) is 4.43. The first kappa shape index (κ1) is 20.1. The highest BCUT2D eigenvalue weighted by atomic mass is 35.5. The van der Waals surface area contributed by atoms with E-state index in [1.807, 2.05) is 43.3 Å². The van der Waals surface area contributed by atoms with Crippen molar-refractivity contribution in [3.05, 3.63) is 88.5 Å². The first-order valence-corrected chi connectivity index (χ1v) is 10.5. The lowest BCUT2D eigenvalue weighted by atomic mass is 10.1. The van der Waals surface area contributed by atoms with Gasteiger partial charge in [-0.25, -0.2) is 14.8 Å². The maximum atomic E-state index is 12.5. The number of rotatable bonds is 5. The number of nitrogens with two attached hydrogens (primary N) is 1. The van der Waals surface area contributed by atoms with Crippen molar-refractivity contribution >= 4 is 34.7 Å². The molecule has 2 aromatic carbocycles. The molecule has 150 valence electrons. The van der Waals surface area contributed by atoms with Crippen LogP contribution in [0.2, 0.25) is 5.02 Å². The molecule has 1 atom stereocenters. The molecule has 1 unspecified atom stereocenters. The number of halogens is 1. The molecule has 0 amide bonds. The normalized spacial score (nSPS) is 11.8. The van der Waals surface area contributed by atoms with Crippen molar-refractivity contribution in [2.45, 2.75) is 13.0 Å². The molecule has 0 saturated heterocycles. The minimum absolute atomic E-state index is 0.391. The molecule has 2 N–H and O–H groups in total. The van der Waals surface area contributed by atoms with Gasteiger partial charge in [0.15, 0.2) is 6.10 Å². The monoisotopic (exact) mass is 435 g/mol. The van der Waals surface area contributed by atoms with Crippen LogP contribution in [0.4, 0.5) is 5.82 Å². The van der Waals surface area contributed by atoms with Crippen LogP contribution in [0.25, 0.3) is 21.7 Å². The molecule has 0 spiro atoms. The first-order valence-electron chi connectivity index (χ1n) is 9.26. The third-order valence-corrected chi connectivity index (χ3v) is 5.93. The molecular formula is C23H18ClN3O2S. The van der Waals surface area contributed by atoms with Gasteiger partial charge in [0.05, 0.1) is 16.1 Å². The Morgan fingerprint density at radius 2 is 1.87 bits per heavy atom. The van der Waals surface area contributed by atoms with Crippen molar-refractivity contribution < 1.29 is 9.53 Å². The lowest BCUT2D eigenvalue weighted by Gasteiger charge is -2.10. The standard InChI is InChI=1S/C23H18ClN3O2S/c1-14(29-23(28)15-6-3-2-4-7-15)22-27-20(16-8-5-9-18(24)12-16)21(30-22)17-10-11-26-19(25)13-17/h2-14H,1H3,(H2,25,26). The molecule has 0 aliphatic rings. The van der Waals surface area contributed by atoms with Crippen molar-refractivity contribution in [2.24, 2.45) is 0 Å². The van der Waals surface area contributed by atoms with Crippen molar-refractivity contribution in [1.82, 2.24) is 9.97 Å². The van der Waals surface area contributed by atoms with E-state index in [0.29, 0.717) is 21.4 Å². The number of hydrogen-bond donors (Lipinski definition) is 1. The lowest BCUT2D eigenvalue weighted by molar-refractivity contribution is 0.0337. The van der Waals surface area contributed by atoms with Crippen LogP contribution in [0, 0.1) is 0 Å². The van der Waals surface area contributed by atoms with E-state index in [4.69, 9.17) is 27.1 Å². The van der Waals surface area contributed by atoms with Gasteiger partial charge in [-0.2, -0.15) is 0 Å². The predicted molar refractivity (Wildman–Crippen MR) is 120 cm³/mol. The second-order valence-electron chi connectivity index (χ2n) is 6.62. The van der Waals surface area contributed by atoms with Crippen LogP contribution in [0.15, 0.2) is 72.9 Å². The van der Waals surface area contributed by atoms with E-state index in [2.05, 4.69) is 4.98 Å². The highest BCUT2D eigenvalue weighted by molar-refractivity contribution is 7.15. The van der Waals surface area contributed by atoms with E-state index in [-0.39, 0.29) is 0 Å². The van der Waals surface area contributed by atoms with Gasteiger partial charge in [0.1, 0.15) is 10.8 Å². The van der Waals surface area contributed by atoms with E-state index in [0.717, 1.165) is 21.7 Å². The summed E-state index contributed by atoms with van der Waals surface area (Å²) >= 11 is 7.65. The minimum Gasteiger partial charge on any atom is -0.452 e. The number of ether oxygens (including phenoxy) is 1. The maximum absolute atomic E-state index is 12.5. The number of nitrogen functional groups attached to an aromatic ring is 1. The third kappa shape index (κ3) is 4.35. The topological polar surface area (TPSA) is 78.1 Å². The number of benzene rings is 2. The molecule has 0 aliphatic heterocycles. The fourth-order valence-corrected chi connectivity index (χ4v) is 4.24. The summed E-state index contributed by atoms with van der Waals surface area (Å²) in [5.41, 5.74) is 8.91. The van der Waals surface area contributed by atoms with Gasteiger partial charge < -0.3 is 10.5 Å². The van der Waals surface area contributed by atoms with Gasteiger partial charge in [-0.1, -0.05) is 41.9 Å². The molecule has 5 nitrogen and oxygen atoms in total. The molecule has 0 bridgehead atoms. The van der Waals surface area contributed by atoms with Crippen LogP contribution in [-0.2, 0) is 4.74 Å². The summed E-state index contributed by atoms with van der Waals surface area (Å²) in [5, 5.41) is 1.30. The van der Waals surface area contributed by atoms with E-state index >= 15 is 0 Å². The van der Waals surface area contributed by atoms with Crippen molar-refractivity contribution in [3.8, 4) is 21.7 Å². The fraction of sp³-hybridized carbons (Fsp3) is 0.0870. The van der Waals surface area contributed by atoms with Crippen LogP contribution < -0.4 is 5.73 Å². The highest BCUT2D eigenvalue weighted by Crippen LogP contribution is 2.40. The molecule has 2 heterocycles. The average molecular weight is 436 g/mol.